The van der Waals surface area contributed by atoms with Crippen molar-refractivity contribution in [2.45, 2.75) is 40.0 Å². The molecule has 0 amide bonds. The number of aromatic nitrogens is 1. The number of fused-ring (bicyclic) bond motifs is 1. The zero-order valence-electron chi connectivity index (χ0n) is 15.4. The van der Waals surface area contributed by atoms with E-state index in [9.17, 15) is 19.5 Å². The van der Waals surface area contributed by atoms with Gasteiger partial charge in [-0.2, -0.15) is 0 Å². The molecule has 0 fully saturated rings. The quantitative estimate of drug-likeness (QED) is 0.520. The SMILES string of the molecule is Cc1cc2[nH]c(P(=O)(O)O)cc2c(C)c1Cc1ccc(O)c(C(C)C)c1. The molecule has 138 valence electrons. The van der Waals surface area contributed by atoms with Crippen molar-refractivity contribution in [3.8, 4) is 5.75 Å². The second-order valence-electron chi connectivity index (χ2n) is 7.18. The van der Waals surface area contributed by atoms with Crippen LogP contribution in [0.2, 0.25) is 0 Å². The maximum absolute atomic E-state index is 11.5. The minimum Gasteiger partial charge on any atom is -0.508 e. The first-order valence-electron chi connectivity index (χ1n) is 8.57. The van der Waals surface area contributed by atoms with Crippen LogP contribution in [0, 0.1) is 13.8 Å². The number of phenols is 1. The lowest BCUT2D eigenvalue weighted by Crippen LogP contribution is -2.03. The molecule has 5 nitrogen and oxygen atoms in total. The lowest BCUT2D eigenvalue weighted by molar-refractivity contribution is 0.386. The Morgan fingerprint density at radius 3 is 2.42 bits per heavy atom. The second-order valence-corrected chi connectivity index (χ2v) is 8.75. The van der Waals surface area contributed by atoms with Gasteiger partial charge in [0, 0.05) is 10.9 Å². The van der Waals surface area contributed by atoms with E-state index in [0.717, 1.165) is 38.7 Å². The molecule has 0 aliphatic carbocycles. The van der Waals surface area contributed by atoms with Crippen LogP contribution in [0.4, 0.5) is 0 Å². The molecule has 3 rings (SSSR count). The van der Waals surface area contributed by atoms with Crippen molar-refractivity contribution in [2.24, 2.45) is 0 Å². The van der Waals surface area contributed by atoms with Crippen molar-refractivity contribution in [1.29, 1.82) is 0 Å². The Bertz CT molecular complexity index is 1030. The Labute approximate surface area is 152 Å². The van der Waals surface area contributed by atoms with E-state index in [1.54, 1.807) is 12.1 Å². The number of aryl methyl sites for hydroxylation is 2. The van der Waals surface area contributed by atoms with Crippen LogP contribution in [0.1, 0.15) is 47.6 Å². The minimum atomic E-state index is -4.31. The van der Waals surface area contributed by atoms with Crippen LogP contribution >= 0.6 is 7.60 Å². The molecule has 0 unspecified atom stereocenters. The van der Waals surface area contributed by atoms with Gasteiger partial charge in [-0.1, -0.05) is 26.0 Å². The molecule has 4 N–H and O–H groups in total. The number of benzene rings is 2. The molecule has 6 heteroatoms. The third kappa shape index (κ3) is 3.43. The highest BCUT2D eigenvalue weighted by Gasteiger charge is 2.21. The van der Waals surface area contributed by atoms with Crippen LogP contribution in [0.25, 0.3) is 10.9 Å². The number of hydrogen-bond acceptors (Lipinski definition) is 2. The number of aromatic amines is 1. The maximum atomic E-state index is 11.5. The van der Waals surface area contributed by atoms with Gasteiger partial charge in [0.15, 0.2) is 0 Å². The smallest absolute Gasteiger partial charge is 0.372 e. The Morgan fingerprint density at radius 2 is 1.81 bits per heavy atom. The van der Waals surface area contributed by atoms with Gasteiger partial charge in [-0.15, -0.1) is 0 Å². The molecule has 0 spiro atoms. The lowest BCUT2D eigenvalue weighted by atomic mass is 9.91. The normalized spacial score (nSPS) is 12.3. The van der Waals surface area contributed by atoms with Gasteiger partial charge >= 0.3 is 7.60 Å². The van der Waals surface area contributed by atoms with Gasteiger partial charge in [-0.3, -0.25) is 4.57 Å². The Kier molecular flexibility index (Phi) is 4.74. The third-order valence-corrected chi connectivity index (χ3v) is 5.80. The van der Waals surface area contributed by atoms with Gasteiger partial charge in [0.25, 0.3) is 0 Å². The standard InChI is InChI=1S/C20H24NO4P/c1-11(2)15-8-14(5-6-19(15)22)9-16-12(3)7-18-17(13(16)4)10-20(21-18)26(23,24)25/h5-8,10-11,21-22H,9H2,1-4H3,(H2,23,24,25). The molecule has 1 aromatic heterocycles. The first kappa shape index (κ1) is 18.7. The molecule has 3 aromatic rings. The maximum Gasteiger partial charge on any atom is 0.372 e. The topological polar surface area (TPSA) is 93.6 Å². The lowest BCUT2D eigenvalue weighted by Gasteiger charge is -2.14. The summed E-state index contributed by atoms with van der Waals surface area (Å²) < 4.78 is 11.5. The predicted molar refractivity (Wildman–Crippen MR) is 104 cm³/mol. The van der Waals surface area contributed by atoms with Gasteiger partial charge in [0.2, 0.25) is 0 Å². The number of rotatable bonds is 4. The number of phenolic OH excluding ortho intramolecular Hbond substituents is 1. The van der Waals surface area contributed by atoms with E-state index in [0.29, 0.717) is 12.2 Å². The van der Waals surface area contributed by atoms with Crippen LogP contribution < -0.4 is 5.44 Å². The molecular formula is C20H24NO4P. The summed E-state index contributed by atoms with van der Waals surface area (Å²) in [6.07, 6.45) is 0.698. The molecular weight excluding hydrogens is 349 g/mol. The Morgan fingerprint density at radius 1 is 1.12 bits per heavy atom. The van der Waals surface area contributed by atoms with Gasteiger partial charge in [0.05, 0.1) is 0 Å². The van der Waals surface area contributed by atoms with Crippen molar-refractivity contribution in [3.05, 3.63) is 58.1 Å². The second kappa shape index (κ2) is 6.58. The number of aromatic hydroxyl groups is 1. The summed E-state index contributed by atoms with van der Waals surface area (Å²) in [7, 11) is -4.31. The largest absolute Gasteiger partial charge is 0.508 e. The monoisotopic (exact) mass is 373 g/mol. The molecule has 1 heterocycles. The summed E-state index contributed by atoms with van der Waals surface area (Å²) in [4.78, 5) is 21.7. The number of hydrogen-bond donors (Lipinski definition) is 4. The van der Waals surface area contributed by atoms with Crippen molar-refractivity contribution in [2.75, 3.05) is 0 Å². The molecule has 0 aliphatic heterocycles. The fourth-order valence-electron chi connectivity index (χ4n) is 3.45. The first-order valence-corrected chi connectivity index (χ1v) is 10.2. The zero-order valence-corrected chi connectivity index (χ0v) is 16.3. The predicted octanol–water partition coefficient (Wildman–Crippen LogP) is 4.01. The number of nitrogens with one attached hydrogen (secondary N) is 1. The third-order valence-electron chi connectivity index (χ3n) is 4.94. The Hall–Kier alpha value is -2.07. The fourth-order valence-corrected chi connectivity index (χ4v) is 4.01. The first-order chi connectivity index (χ1) is 12.1. The van der Waals surface area contributed by atoms with Crippen LogP contribution in [0.15, 0.2) is 30.3 Å². The van der Waals surface area contributed by atoms with Crippen LogP contribution in [0.5, 0.6) is 5.75 Å². The highest BCUT2D eigenvalue weighted by atomic mass is 31.2. The molecule has 2 aromatic carbocycles. The van der Waals surface area contributed by atoms with E-state index < -0.39 is 7.60 Å². The number of H-pyrrole nitrogens is 1. The summed E-state index contributed by atoms with van der Waals surface area (Å²) in [6, 6.07) is 9.16. The fraction of sp³-hybridized carbons (Fsp3) is 0.300. The van der Waals surface area contributed by atoms with Crippen molar-refractivity contribution in [1.82, 2.24) is 4.98 Å². The summed E-state index contributed by atoms with van der Waals surface area (Å²) in [5, 5.41) is 10.8. The van der Waals surface area contributed by atoms with E-state index >= 15 is 0 Å². The molecule has 0 atom stereocenters. The average molecular weight is 373 g/mol. The van der Waals surface area contributed by atoms with E-state index in [1.165, 1.54) is 0 Å². The molecule has 0 bridgehead atoms. The van der Waals surface area contributed by atoms with Crippen molar-refractivity contribution >= 4 is 23.9 Å². The van der Waals surface area contributed by atoms with Crippen LogP contribution in [-0.2, 0) is 11.0 Å². The van der Waals surface area contributed by atoms with E-state index in [4.69, 9.17) is 0 Å². The van der Waals surface area contributed by atoms with Gasteiger partial charge in [-0.25, -0.2) is 0 Å². The van der Waals surface area contributed by atoms with Gasteiger partial charge in [0.1, 0.15) is 11.2 Å². The van der Waals surface area contributed by atoms with E-state index in [2.05, 4.69) is 4.98 Å². The summed E-state index contributed by atoms with van der Waals surface area (Å²) in [5.74, 6) is 0.541. The van der Waals surface area contributed by atoms with Crippen LogP contribution in [0.3, 0.4) is 0 Å². The molecule has 0 saturated carbocycles. The zero-order chi connectivity index (χ0) is 19.2. The van der Waals surface area contributed by atoms with Gasteiger partial charge in [-0.05, 0) is 72.2 Å². The molecule has 0 radical (unpaired) electrons. The van der Waals surface area contributed by atoms with E-state index in [-0.39, 0.29) is 11.4 Å². The van der Waals surface area contributed by atoms with Crippen molar-refractivity contribution < 1.29 is 19.5 Å². The average Bonchev–Trinajstić information content (AvgIpc) is 2.97. The van der Waals surface area contributed by atoms with Gasteiger partial charge < -0.3 is 19.9 Å². The van der Waals surface area contributed by atoms with Crippen LogP contribution in [-0.4, -0.2) is 19.9 Å². The summed E-state index contributed by atoms with van der Waals surface area (Å²) >= 11 is 0. The molecule has 0 saturated heterocycles. The van der Waals surface area contributed by atoms with E-state index in [1.807, 2.05) is 45.9 Å². The summed E-state index contributed by atoms with van der Waals surface area (Å²) in [6.45, 7) is 8.07. The minimum absolute atomic E-state index is 0.0566. The van der Waals surface area contributed by atoms with Crippen molar-refractivity contribution in [3.63, 3.8) is 0 Å². The summed E-state index contributed by atoms with van der Waals surface area (Å²) in [5.41, 5.74) is 5.90. The Balaban J connectivity index is 2.08. The highest BCUT2D eigenvalue weighted by molar-refractivity contribution is 7.60. The molecule has 26 heavy (non-hydrogen) atoms. The molecule has 0 aliphatic rings. The highest BCUT2D eigenvalue weighted by Crippen LogP contribution is 2.36.